The molecule has 1 saturated carbocycles. The van der Waals surface area contributed by atoms with E-state index in [9.17, 15) is 4.79 Å². The van der Waals surface area contributed by atoms with E-state index in [-0.39, 0.29) is 22.7 Å². The summed E-state index contributed by atoms with van der Waals surface area (Å²) in [6.07, 6.45) is 0.900. The van der Waals surface area contributed by atoms with Crippen LogP contribution in [0.15, 0.2) is 24.3 Å². The molecule has 1 aromatic rings. The fourth-order valence-corrected chi connectivity index (χ4v) is 3.13. The molecule has 0 aliphatic heterocycles. The summed E-state index contributed by atoms with van der Waals surface area (Å²) >= 11 is 0. The van der Waals surface area contributed by atoms with E-state index >= 15 is 0 Å². The van der Waals surface area contributed by atoms with Crippen molar-refractivity contribution in [2.45, 2.75) is 40.7 Å². The number of hydrogen-bond donors (Lipinski definition) is 2. The van der Waals surface area contributed by atoms with E-state index in [1.54, 1.807) is 0 Å². The summed E-state index contributed by atoms with van der Waals surface area (Å²) < 4.78 is 0. The molecule has 2 rings (SSSR count). The zero-order chi connectivity index (χ0) is 15.0. The van der Waals surface area contributed by atoms with Gasteiger partial charge < -0.3 is 11.1 Å². The molecule has 0 unspecified atom stereocenters. The summed E-state index contributed by atoms with van der Waals surface area (Å²) in [4.78, 5) is 12.3. The number of hydrogen-bond acceptors (Lipinski definition) is 2. The van der Waals surface area contributed by atoms with Crippen LogP contribution in [0.1, 0.15) is 38.8 Å². The Morgan fingerprint density at radius 2 is 1.60 bits per heavy atom. The lowest BCUT2D eigenvalue weighted by Crippen LogP contribution is -2.26. The smallest absolute Gasteiger partial charge is 0.224 e. The Morgan fingerprint density at radius 3 is 2.05 bits per heavy atom. The Hall–Kier alpha value is -1.35. The zero-order valence-corrected chi connectivity index (χ0v) is 13.0. The van der Waals surface area contributed by atoms with Gasteiger partial charge in [0.1, 0.15) is 0 Å². The lowest BCUT2D eigenvalue weighted by Gasteiger charge is -2.07. The molecule has 0 saturated heterocycles. The Balaban J connectivity index is 1.88. The Kier molecular flexibility index (Phi) is 3.92. The Bertz CT molecular complexity index is 474. The van der Waals surface area contributed by atoms with Crippen molar-refractivity contribution < 1.29 is 4.79 Å². The van der Waals surface area contributed by atoms with Crippen LogP contribution >= 0.6 is 0 Å². The van der Waals surface area contributed by atoms with E-state index in [0.29, 0.717) is 13.1 Å². The highest BCUT2D eigenvalue weighted by Crippen LogP contribution is 2.68. The molecule has 3 N–H and O–H groups in total. The van der Waals surface area contributed by atoms with Gasteiger partial charge in [0.25, 0.3) is 0 Å². The summed E-state index contributed by atoms with van der Waals surface area (Å²) in [5.74, 6) is 0.289. The van der Waals surface area contributed by atoms with Crippen molar-refractivity contribution in [2.24, 2.45) is 22.5 Å². The van der Waals surface area contributed by atoms with Crippen molar-refractivity contribution in [3.63, 3.8) is 0 Å². The summed E-state index contributed by atoms with van der Waals surface area (Å²) in [5.41, 5.74) is 8.11. The minimum absolute atomic E-state index is 0.0993. The van der Waals surface area contributed by atoms with Crippen LogP contribution in [0.4, 0.5) is 0 Å². The average molecular weight is 274 g/mol. The number of nitrogens with one attached hydrogen (secondary N) is 1. The van der Waals surface area contributed by atoms with Crippen LogP contribution in [-0.2, 0) is 17.8 Å². The van der Waals surface area contributed by atoms with Gasteiger partial charge in [-0.05, 0) is 34.9 Å². The van der Waals surface area contributed by atoms with Crippen molar-refractivity contribution in [3.05, 3.63) is 35.4 Å². The van der Waals surface area contributed by atoms with E-state index in [0.717, 1.165) is 12.0 Å². The first kappa shape index (κ1) is 15.0. The maximum Gasteiger partial charge on any atom is 0.224 e. The molecule has 0 radical (unpaired) electrons. The van der Waals surface area contributed by atoms with E-state index in [1.807, 2.05) is 0 Å². The van der Waals surface area contributed by atoms with E-state index in [4.69, 9.17) is 5.73 Å². The number of carbonyl (C=O) groups excluding carboxylic acids is 1. The average Bonchev–Trinajstić information content (AvgIpc) is 2.79. The van der Waals surface area contributed by atoms with Crippen LogP contribution in [-0.4, -0.2) is 12.5 Å². The van der Waals surface area contributed by atoms with Gasteiger partial charge in [-0.1, -0.05) is 52.0 Å². The van der Waals surface area contributed by atoms with Crippen LogP contribution in [0.2, 0.25) is 0 Å². The van der Waals surface area contributed by atoms with Crippen LogP contribution in [0.3, 0.4) is 0 Å². The highest BCUT2D eigenvalue weighted by atomic mass is 16.2. The number of benzene rings is 1. The monoisotopic (exact) mass is 274 g/mol. The summed E-state index contributed by atoms with van der Waals surface area (Å²) in [6, 6.07) is 8.29. The Morgan fingerprint density at radius 1 is 1.10 bits per heavy atom. The first-order valence-corrected chi connectivity index (χ1v) is 7.36. The number of amides is 1. The second-order valence-electron chi connectivity index (χ2n) is 6.95. The predicted molar refractivity (Wildman–Crippen MR) is 82.1 cm³/mol. The van der Waals surface area contributed by atoms with Crippen LogP contribution in [0.25, 0.3) is 0 Å². The normalized spacial score (nSPS) is 19.6. The molecule has 110 valence electrons. The molecule has 1 aliphatic carbocycles. The topological polar surface area (TPSA) is 55.1 Å². The molecular formula is C17H26N2O. The van der Waals surface area contributed by atoms with Gasteiger partial charge in [0.15, 0.2) is 0 Å². The first-order chi connectivity index (χ1) is 9.30. The highest BCUT2D eigenvalue weighted by Gasteiger charge is 2.68. The highest BCUT2D eigenvalue weighted by molar-refractivity contribution is 5.84. The molecular weight excluding hydrogens is 248 g/mol. The lowest BCUT2D eigenvalue weighted by molar-refractivity contribution is -0.123. The van der Waals surface area contributed by atoms with Gasteiger partial charge in [-0.3, -0.25) is 4.79 Å². The van der Waals surface area contributed by atoms with Crippen LogP contribution < -0.4 is 11.1 Å². The minimum Gasteiger partial charge on any atom is -0.352 e. The zero-order valence-electron chi connectivity index (χ0n) is 13.0. The van der Waals surface area contributed by atoms with E-state index in [1.165, 1.54) is 5.56 Å². The third kappa shape index (κ3) is 2.59. The summed E-state index contributed by atoms with van der Waals surface area (Å²) in [6.45, 7) is 9.93. The van der Waals surface area contributed by atoms with Gasteiger partial charge in [0, 0.05) is 12.5 Å². The largest absolute Gasteiger partial charge is 0.352 e. The predicted octanol–water partition coefficient (Wildman–Crippen LogP) is 2.49. The molecule has 0 aromatic heterocycles. The first-order valence-electron chi connectivity index (χ1n) is 7.36. The molecule has 1 fully saturated rings. The third-order valence-electron chi connectivity index (χ3n) is 5.21. The quantitative estimate of drug-likeness (QED) is 0.866. The maximum atomic E-state index is 12.3. The third-order valence-corrected chi connectivity index (χ3v) is 5.21. The standard InChI is InChI=1S/C17H26N2O/c1-16(2)14(17(16,3)4)15(20)19-11-13-7-5-12(6-8-13)9-10-18/h5-8,14H,9-11,18H2,1-4H3,(H,19,20). The van der Waals surface area contributed by atoms with E-state index < -0.39 is 0 Å². The van der Waals surface area contributed by atoms with Crippen LogP contribution in [0, 0.1) is 16.7 Å². The number of nitrogens with two attached hydrogens (primary N) is 1. The molecule has 1 aromatic carbocycles. The molecule has 0 atom stereocenters. The SMILES string of the molecule is CC1(C)C(C(=O)NCc2ccc(CCN)cc2)C1(C)C. The molecule has 0 heterocycles. The van der Waals surface area contributed by atoms with Gasteiger partial charge in [-0.25, -0.2) is 0 Å². The summed E-state index contributed by atoms with van der Waals surface area (Å²) in [5, 5.41) is 3.06. The van der Waals surface area contributed by atoms with Gasteiger partial charge in [-0.15, -0.1) is 0 Å². The lowest BCUT2D eigenvalue weighted by atomic mass is 10.0. The van der Waals surface area contributed by atoms with Gasteiger partial charge in [0.2, 0.25) is 5.91 Å². The molecule has 3 nitrogen and oxygen atoms in total. The van der Waals surface area contributed by atoms with Crippen molar-refractivity contribution >= 4 is 5.91 Å². The molecule has 20 heavy (non-hydrogen) atoms. The molecule has 0 spiro atoms. The van der Waals surface area contributed by atoms with Crippen LogP contribution in [0.5, 0.6) is 0 Å². The Labute approximate surface area is 121 Å². The van der Waals surface area contributed by atoms with E-state index in [2.05, 4.69) is 57.3 Å². The van der Waals surface area contributed by atoms with Gasteiger partial charge >= 0.3 is 0 Å². The van der Waals surface area contributed by atoms with Crippen molar-refractivity contribution in [1.29, 1.82) is 0 Å². The second-order valence-corrected chi connectivity index (χ2v) is 6.95. The molecule has 0 bridgehead atoms. The fourth-order valence-electron chi connectivity index (χ4n) is 3.13. The molecule has 1 amide bonds. The summed E-state index contributed by atoms with van der Waals surface area (Å²) in [7, 11) is 0. The van der Waals surface area contributed by atoms with Crippen molar-refractivity contribution in [2.75, 3.05) is 6.54 Å². The molecule has 1 aliphatic rings. The number of rotatable bonds is 5. The van der Waals surface area contributed by atoms with Crippen molar-refractivity contribution in [1.82, 2.24) is 5.32 Å². The fraction of sp³-hybridized carbons (Fsp3) is 0.588. The number of carbonyl (C=O) groups is 1. The maximum absolute atomic E-state index is 12.3. The minimum atomic E-state index is 0.0993. The van der Waals surface area contributed by atoms with Gasteiger partial charge in [0.05, 0.1) is 0 Å². The molecule has 3 heteroatoms. The van der Waals surface area contributed by atoms with Crippen molar-refractivity contribution in [3.8, 4) is 0 Å². The van der Waals surface area contributed by atoms with Gasteiger partial charge in [-0.2, -0.15) is 0 Å². The second kappa shape index (κ2) is 5.21.